The fourth-order valence-corrected chi connectivity index (χ4v) is 2.03. The first-order valence-electron chi connectivity index (χ1n) is 7.02. The number of amides is 1. The van der Waals surface area contributed by atoms with Crippen molar-refractivity contribution in [3.05, 3.63) is 30.1 Å². The molecule has 0 aliphatic carbocycles. The Morgan fingerprint density at radius 2 is 1.89 bits per heavy atom. The predicted molar refractivity (Wildman–Crippen MR) is 77.6 cm³/mol. The van der Waals surface area contributed by atoms with Crippen LogP contribution in [0.2, 0.25) is 0 Å². The van der Waals surface area contributed by atoms with Crippen LogP contribution in [0, 0.1) is 0 Å². The van der Waals surface area contributed by atoms with Gasteiger partial charge in [0.1, 0.15) is 0 Å². The number of hydrogen-bond acceptors (Lipinski definition) is 3. The third-order valence-electron chi connectivity index (χ3n) is 3.51. The van der Waals surface area contributed by atoms with Crippen LogP contribution < -0.4 is 5.73 Å². The molecule has 4 nitrogen and oxygen atoms in total. The van der Waals surface area contributed by atoms with Gasteiger partial charge in [-0.15, -0.1) is 0 Å². The average Bonchev–Trinajstić information content (AvgIpc) is 2.46. The van der Waals surface area contributed by atoms with Crippen molar-refractivity contribution >= 4 is 5.91 Å². The van der Waals surface area contributed by atoms with Crippen molar-refractivity contribution in [2.75, 3.05) is 13.6 Å². The van der Waals surface area contributed by atoms with E-state index in [0.717, 1.165) is 37.8 Å². The fourth-order valence-electron chi connectivity index (χ4n) is 2.03. The molecule has 1 aromatic rings. The monoisotopic (exact) mass is 263 g/mol. The molecule has 1 unspecified atom stereocenters. The molecule has 1 aromatic heterocycles. The summed E-state index contributed by atoms with van der Waals surface area (Å²) in [5.74, 6) is 0.206. The summed E-state index contributed by atoms with van der Waals surface area (Å²) in [5, 5.41) is 0. The van der Waals surface area contributed by atoms with Crippen molar-refractivity contribution in [2.24, 2.45) is 5.73 Å². The first-order valence-corrected chi connectivity index (χ1v) is 7.02. The summed E-state index contributed by atoms with van der Waals surface area (Å²) in [6.45, 7) is 2.79. The van der Waals surface area contributed by atoms with E-state index in [4.69, 9.17) is 5.73 Å². The van der Waals surface area contributed by atoms with E-state index in [1.807, 2.05) is 31.0 Å². The molecule has 1 heterocycles. The highest BCUT2D eigenvalue weighted by molar-refractivity contribution is 5.76. The van der Waals surface area contributed by atoms with Gasteiger partial charge in [0.2, 0.25) is 5.91 Å². The van der Waals surface area contributed by atoms with Crippen LogP contribution in [0.3, 0.4) is 0 Å². The minimum Gasteiger partial charge on any atom is -0.339 e. The summed E-state index contributed by atoms with van der Waals surface area (Å²) in [7, 11) is 1.87. The fraction of sp³-hybridized carbons (Fsp3) is 0.600. The molecular weight excluding hydrogens is 238 g/mol. The van der Waals surface area contributed by atoms with Crippen LogP contribution in [-0.2, 0) is 4.79 Å². The lowest BCUT2D eigenvalue weighted by Crippen LogP contribution is -2.29. The van der Waals surface area contributed by atoms with Gasteiger partial charge in [0.05, 0.1) is 6.04 Å². The second-order valence-corrected chi connectivity index (χ2v) is 4.91. The van der Waals surface area contributed by atoms with Crippen LogP contribution in [0.15, 0.2) is 24.5 Å². The molecule has 0 saturated carbocycles. The van der Waals surface area contributed by atoms with Crippen LogP contribution in [0.25, 0.3) is 0 Å². The van der Waals surface area contributed by atoms with Gasteiger partial charge in [0, 0.05) is 25.9 Å². The molecule has 4 heteroatoms. The molecule has 0 aromatic carbocycles. The SMILES string of the molecule is CC(c1ccncc1)N(C)C(=O)CCCCCCN. The molecule has 0 fully saturated rings. The highest BCUT2D eigenvalue weighted by atomic mass is 16.2. The first kappa shape index (κ1) is 15.6. The van der Waals surface area contributed by atoms with Gasteiger partial charge in [-0.2, -0.15) is 0 Å². The van der Waals surface area contributed by atoms with Gasteiger partial charge in [-0.25, -0.2) is 0 Å². The van der Waals surface area contributed by atoms with Gasteiger partial charge >= 0.3 is 0 Å². The maximum absolute atomic E-state index is 12.1. The summed E-state index contributed by atoms with van der Waals surface area (Å²) in [6.07, 6.45) is 8.35. The predicted octanol–water partition coefficient (Wildman–Crippen LogP) is 2.51. The van der Waals surface area contributed by atoms with E-state index >= 15 is 0 Å². The second-order valence-electron chi connectivity index (χ2n) is 4.91. The molecule has 1 atom stereocenters. The maximum Gasteiger partial charge on any atom is 0.222 e. The normalized spacial score (nSPS) is 12.2. The summed E-state index contributed by atoms with van der Waals surface area (Å²) >= 11 is 0. The summed E-state index contributed by atoms with van der Waals surface area (Å²) in [5.41, 5.74) is 6.56. The van der Waals surface area contributed by atoms with Gasteiger partial charge in [0.25, 0.3) is 0 Å². The Hall–Kier alpha value is -1.42. The van der Waals surface area contributed by atoms with E-state index in [-0.39, 0.29) is 11.9 Å². The lowest BCUT2D eigenvalue weighted by atomic mass is 10.1. The van der Waals surface area contributed by atoms with Gasteiger partial charge in [0.15, 0.2) is 0 Å². The van der Waals surface area contributed by atoms with Gasteiger partial charge in [-0.05, 0) is 44.0 Å². The molecular formula is C15H25N3O. The van der Waals surface area contributed by atoms with Gasteiger partial charge in [-0.1, -0.05) is 12.8 Å². The molecule has 0 saturated heterocycles. The molecule has 0 bridgehead atoms. The molecule has 0 spiro atoms. The number of nitrogens with zero attached hydrogens (tertiary/aromatic N) is 2. The number of unbranched alkanes of at least 4 members (excludes halogenated alkanes) is 3. The minimum atomic E-state index is 0.0968. The molecule has 1 rings (SSSR count). The van der Waals surface area contributed by atoms with E-state index < -0.39 is 0 Å². The third-order valence-corrected chi connectivity index (χ3v) is 3.51. The number of nitrogens with two attached hydrogens (primary N) is 1. The zero-order valence-corrected chi connectivity index (χ0v) is 12.0. The topological polar surface area (TPSA) is 59.2 Å². The largest absolute Gasteiger partial charge is 0.339 e. The summed E-state index contributed by atoms with van der Waals surface area (Å²) < 4.78 is 0. The number of carbonyl (C=O) groups excluding carboxylic acids is 1. The van der Waals surface area contributed by atoms with E-state index in [2.05, 4.69) is 4.98 Å². The van der Waals surface area contributed by atoms with Crippen molar-refractivity contribution < 1.29 is 4.79 Å². The van der Waals surface area contributed by atoms with E-state index in [1.54, 1.807) is 12.4 Å². The van der Waals surface area contributed by atoms with Crippen LogP contribution in [-0.4, -0.2) is 29.4 Å². The number of hydrogen-bond donors (Lipinski definition) is 1. The Labute approximate surface area is 116 Å². The number of rotatable bonds is 8. The zero-order chi connectivity index (χ0) is 14.1. The molecule has 106 valence electrons. The Kier molecular flexibility index (Phi) is 7.11. The van der Waals surface area contributed by atoms with Crippen molar-refractivity contribution in [2.45, 2.75) is 45.1 Å². The number of aromatic nitrogens is 1. The summed E-state index contributed by atoms with van der Waals surface area (Å²) in [6, 6.07) is 4.00. The standard InChI is InChI=1S/C15H25N3O/c1-13(14-8-11-17-12-9-14)18(2)15(19)7-5-3-4-6-10-16/h8-9,11-13H,3-7,10,16H2,1-2H3. The van der Waals surface area contributed by atoms with Crippen molar-refractivity contribution in [1.29, 1.82) is 0 Å². The molecule has 2 N–H and O–H groups in total. The molecule has 19 heavy (non-hydrogen) atoms. The smallest absolute Gasteiger partial charge is 0.222 e. The van der Waals surface area contributed by atoms with Gasteiger partial charge in [-0.3, -0.25) is 9.78 Å². The average molecular weight is 263 g/mol. The minimum absolute atomic E-state index is 0.0968. The highest BCUT2D eigenvalue weighted by Crippen LogP contribution is 2.19. The number of pyridine rings is 1. The second kappa shape index (κ2) is 8.64. The quantitative estimate of drug-likeness (QED) is 0.733. The van der Waals surface area contributed by atoms with Crippen molar-refractivity contribution in [3.63, 3.8) is 0 Å². The van der Waals surface area contributed by atoms with Crippen LogP contribution in [0.4, 0.5) is 0 Å². The molecule has 0 aliphatic heterocycles. The maximum atomic E-state index is 12.1. The summed E-state index contributed by atoms with van der Waals surface area (Å²) in [4.78, 5) is 17.9. The molecule has 0 aliphatic rings. The van der Waals surface area contributed by atoms with Crippen LogP contribution in [0.5, 0.6) is 0 Å². The van der Waals surface area contributed by atoms with E-state index in [1.165, 1.54) is 0 Å². The lowest BCUT2D eigenvalue weighted by molar-refractivity contribution is -0.131. The highest BCUT2D eigenvalue weighted by Gasteiger charge is 2.16. The Morgan fingerprint density at radius 1 is 1.26 bits per heavy atom. The lowest BCUT2D eigenvalue weighted by Gasteiger charge is -2.25. The van der Waals surface area contributed by atoms with Crippen molar-refractivity contribution in [3.8, 4) is 0 Å². The Morgan fingerprint density at radius 3 is 2.53 bits per heavy atom. The van der Waals surface area contributed by atoms with E-state index in [0.29, 0.717) is 6.42 Å². The van der Waals surface area contributed by atoms with E-state index in [9.17, 15) is 4.79 Å². The molecule has 1 amide bonds. The Balaban J connectivity index is 2.35. The Bertz CT molecular complexity index is 367. The van der Waals surface area contributed by atoms with Crippen molar-refractivity contribution in [1.82, 2.24) is 9.88 Å². The first-order chi connectivity index (χ1) is 9.16. The van der Waals surface area contributed by atoms with Crippen LogP contribution in [0.1, 0.15) is 50.6 Å². The van der Waals surface area contributed by atoms with Gasteiger partial charge < -0.3 is 10.6 Å². The zero-order valence-electron chi connectivity index (χ0n) is 12.0. The number of carbonyl (C=O) groups is 1. The third kappa shape index (κ3) is 5.39. The molecule has 0 radical (unpaired) electrons. The van der Waals surface area contributed by atoms with Crippen LogP contribution >= 0.6 is 0 Å².